The molecule has 1 aromatic carbocycles. The topological polar surface area (TPSA) is 72.9 Å². The molecule has 1 aromatic rings. The summed E-state index contributed by atoms with van der Waals surface area (Å²) in [6, 6.07) is 4.92. The summed E-state index contributed by atoms with van der Waals surface area (Å²) in [5.74, 6) is -0.310. The van der Waals surface area contributed by atoms with E-state index in [1.54, 1.807) is 11.0 Å². The van der Waals surface area contributed by atoms with Gasteiger partial charge in [0.15, 0.2) is 0 Å². The maximum atomic E-state index is 13.8. The Bertz CT molecular complexity index is 776. The minimum Gasteiger partial charge on any atom is -0.465 e. The fraction of sp³-hybridized carbons (Fsp3) is 0.619. The Morgan fingerprint density at radius 2 is 2.07 bits per heavy atom. The van der Waals surface area contributed by atoms with Crippen molar-refractivity contribution in [2.24, 2.45) is 0 Å². The largest absolute Gasteiger partial charge is 0.465 e. The van der Waals surface area contributed by atoms with Crippen molar-refractivity contribution in [2.75, 3.05) is 25.0 Å². The Kier molecular flexibility index (Phi) is 5.04. The molecule has 1 atom stereocenters. The van der Waals surface area contributed by atoms with Crippen LogP contribution in [0.5, 0.6) is 0 Å². The van der Waals surface area contributed by atoms with Crippen LogP contribution in [0.15, 0.2) is 18.2 Å². The Morgan fingerprint density at radius 3 is 2.75 bits per heavy atom. The highest BCUT2D eigenvalue weighted by molar-refractivity contribution is 6.06. The summed E-state index contributed by atoms with van der Waals surface area (Å²) in [6.45, 7) is 4.25. The molecule has 3 aliphatic rings. The van der Waals surface area contributed by atoms with Crippen molar-refractivity contribution >= 4 is 17.7 Å². The first kappa shape index (κ1) is 19.2. The van der Waals surface area contributed by atoms with Crippen molar-refractivity contribution in [1.29, 1.82) is 0 Å². The molecule has 1 saturated carbocycles. The van der Waals surface area contributed by atoms with Crippen molar-refractivity contribution in [3.63, 3.8) is 0 Å². The highest BCUT2D eigenvalue weighted by atomic mass is 19.1. The number of carbonyl (C=O) groups is 2. The molecule has 2 heterocycles. The van der Waals surface area contributed by atoms with Crippen molar-refractivity contribution < 1.29 is 19.1 Å². The van der Waals surface area contributed by atoms with Gasteiger partial charge in [0.05, 0.1) is 5.41 Å². The third kappa shape index (κ3) is 3.15. The third-order valence-corrected chi connectivity index (χ3v) is 6.95. The molecule has 4 rings (SSSR count). The number of carboxylic acid groups (broad SMARTS) is 1. The van der Waals surface area contributed by atoms with E-state index in [9.17, 15) is 19.1 Å². The number of halogens is 1. The van der Waals surface area contributed by atoms with Crippen LogP contribution in [0.2, 0.25) is 0 Å². The summed E-state index contributed by atoms with van der Waals surface area (Å²) in [4.78, 5) is 28.3. The smallest absolute Gasteiger partial charge is 0.407 e. The van der Waals surface area contributed by atoms with Crippen LogP contribution < -0.4 is 5.32 Å². The molecule has 2 fully saturated rings. The average Bonchev–Trinajstić information content (AvgIpc) is 2.85. The molecular weight excluding hydrogens is 361 g/mol. The van der Waals surface area contributed by atoms with Crippen LogP contribution in [0.4, 0.5) is 14.9 Å². The lowest BCUT2D eigenvalue weighted by Gasteiger charge is -2.41. The van der Waals surface area contributed by atoms with Crippen LogP contribution in [0.3, 0.4) is 0 Å². The molecule has 1 unspecified atom stereocenters. The maximum absolute atomic E-state index is 13.8. The summed E-state index contributed by atoms with van der Waals surface area (Å²) < 4.78 is 13.8. The summed E-state index contributed by atoms with van der Waals surface area (Å²) in [5.41, 5.74) is 0.926. The van der Waals surface area contributed by atoms with Gasteiger partial charge in [-0.15, -0.1) is 0 Å². The van der Waals surface area contributed by atoms with Crippen LogP contribution in [-0.4, -0.2) is 58.6 Å². The molecule has 0 aromatic heterocycles. The minimum absolute atomic E-state index is 0.00842. The number of amides is 2. The number of nitrogens with zero attached hydrogens (tertiary/aromatic N) is 2. The Labute approximate surface area is 164 Å². The molecule has 152 valence electrons. The van der Waals surface area contributed by atoms with E-state index in [1.807, 2.05) is 6.92 Å². The monoisotopic (exact) mass is 389 g/mol. The van der Waals surface area contributed by atoms with E-state index in [0.717, 1.165) is 50.0 Å². The van der Waals surface area contributed by atoms with Gasteiger partial charge in [-0.25, -0.2) is 9.18 Å². The molecular formula is C21H28FN3O3. The highest BCUT2D eigenvalue weighted by Gasteiger charge is 2.49. The molecule has 1 spiro atoms. The number of benzene rings is 1. The first-order chi connectivity index (χ1) is 13.4. The number of nitrogens with one attached hydrogen (secondary N) is 1. The van der Waals surface area contributed by atoms with E-state index in [4.69, 9.17) is 0 Å². The predicted molar refractivity (Wildman–Crippen MR) is 104 cm³/mol. The zero-order valence-corrected chi connectivity index (χ0v) is 16.3. The van der Waals surface area contributed by atoms with Gasteiger partial charge in [-0.05, 0) is 62.3 Å². The fourth-order valence-corrected chi connectivity index (χ4v) is 5.36. The average molecular weight is 389 g/mol. The van der Waals surface area contributed by atoms with Crippen molar-refractivity contribution in [3.8, 4) is 0 Å². The zero-order chi connectivity index (χ0) is 19.9. The van der Waals surface area contributed by atoms with E-state index in [1.165, 1.54) is 12.1 Å². The number of carbonyl (C=O) groups excluding carboxylic acids is 1. The second kappa shape index (κ2) is 7.35. The molecule has 28 heavy (non-hydrogen) atoms. The lowest BCUT2D eigenvalue weighted by molar-refractivity contribution is -0.122. The van der Waals surface area contributed by atoms with Crippen molar-refractivity contribution in [3.05, 3.63) is 29.6 Å². The standard InChI is InChI=1S/C21H28FN3O3/c1-2-15-13-24(10-3-11-25(15)20(27)28)16-6-8-21(9-7-16)17-12-14(22)4-5-18(17)23-19(21)26/h4-5,12,15-16H,2-3,6-11,13H2,1H3,(H,23,26)(H,27,28). The molecule has 6 nitrogen and oxygen atoms in total. The molecule has 1 saturated heterocycles. The Balaban J connectivity index is 1.48. The van der Waals surface area contributed by atoms with Gasteiger partial charge >= 0.3 is 6.09 Å². The summed E-state index contributed by atoms with van der Waals surface area (Å²) in [6.07, 6.45) is 3.94. The number of hydrogen-bond acceptors (Lipinski definition) is 3. The van der Waals surface area contributed by atoms with E-state index < -0.39 is 11.5 Å². The number of rotatable bonds is 2. The van der Waals surface area contributed by atoms with Gasteiger partial charge in [0.25, 0.3) is 0 Å². The Morgan fingerprint density at radius 1 is 1.32 bits per heavy atom. The van der Waals surface area contributed by atoms with Gasteiger partial charge < -0.3 is 15.3 Å². The quantitative estimate of drug-likeness (QED) is 0.813. The van der Waals surface area contributed by atoms with Crippen LogP contribution in [0.1, 0.15) is 51.0 Å². The van der Waals surface area contributed by atoms with Crippen molar-refractivity contribution in [1.82, 2.24) is 9.80 Å². The molecule has 2 aliphatic heterocycles. The molecule has 2 N–H and O–H groups in total. The number of anilines is 1. The first-order valence-corrected chi connectivity index (χ1v) is 10.3. The van der Waals surface area contributed by atoms with Crippen LogP contribution in [0.25, 0.3) is 0 Å². The SMILES string of the molecule is CCC1CN(C2CCC3(CC2)C(=O)Nc2ccc(F)cc23)CCCN1C(=O)O. The number of hydrogen-bond donors (Lipinski definition) is 2. The fourth-order valence-electron chi connectivity index (χ4n) is 5.36. The van der Waals surface area contributed by atoms with E-state index in [2.05, 4.69) is 10.2 Å². The van der Waals surface area contributed by atoms with E-state index >= 15 is 0 Å². The molecule has 2 amide bonds. The maximum Gasteiger partial charge on any atom is 0.407 e. The van der Waals surface area contributed by atoms with Gasteiger partial charge in [0.1, 0.15) is 5.82 Å². The number of fused-ring (bicyclic) bond motifs is 2. The van der Waals surface area contributed by atoms with Gasteiger partial charge in [-0.2, -0.15) is 0 Å². The lowest BCUT2D eigenvalue weighted by Crippen LogP contribution is -2.49. The van der Waals surface area contributed by atoms with Gasteiger partial charge in [-0.1, -0.05) is 6.92 Å². The van der Waals surface area contributed by atoms with Crippen LogP contribution in [0, 0.1) is 5.82 Å². The minimum atomic E-state index is -0.836. The Hall–Kier alpha value is -2.15. The summed E-state index contributed by atoms with van der Waals surface area (Å²) >= 11 is 0. The molecule has 0 bridgehead atoms. The second-order valence-corrected chi connectivity index (χ2v) is 8.34. The normalized spacial score (nSPS) is 30.8. The highest BCUT2D eigenvalue weighted by Crippen LogP contribution is 2.48. The molecule has 0 radical (unpaired) electrons. The third-order valence-electron chi connectivity index (χ3n) is 6.95. The van der Waals surface area contributed by atoms with Gasteiger partial charge in [0, 0.05) is 37.4 Å². The van der Waals surface area contributed by atoms with Gasteiger partial charge in [0.2, 0.25) is 5.91 Å². The van der Waals surface area contributed by atoms with E-state index in [0.29, 0.717) is 25.4 Å². The summed E-state index contributed by atoms with van der Waals surface area (Å²) in [7, 11) is 0. The first-order valence-electron chi connectivity index (χ1n) is 10.3. The summed E-state index contributed by atoms with van der Waals surface area (Å²) in [5, 5.41) is 12.4. The molecule has 7 heteroatoms. The predicted octanol–water partition coefficient (Wildman–Crippen LogP) is 3.42. The second-order valence-electron chi connectivity index (χ2n) is 8.34. The van der Waals surface area contributed by atoms with Crippen LogP contribution >= 0.6 is 0 Å². The zero-order valence-electron chi connectivity index (χ0n) is 16.3. The molecule has 1 aliphatic carbocycles. The van der Waals surface area contributed by atoms with Gasteiger partial charge in [-0.3, -0.25) is 9.69 Å². The van der Waals surface area contributed by atoms with Crippen molar-refractivity contribution in [2.45, 2.75) is 62.9 Å². The van der Waals surface area contributed by atoms with E-state index in [-0.39, 0.29) is 17.8 Å². The van der Waals surface area contributed by atoms with Crippen LogP contribution in [-0.2, 0) is 10.2 Å². The lowest BCUT2D eigenvalue weighted by atomic mass is 9.68.